The molecule has 1 atom stereocenters. The van der Waals surface area contributed by atoms with Gasteiger partial charge in [-0.2, -0.15) is 4.31 Å². The molecule has 0 spiro atoms. The maximum Gasteiger partial charge on any atom is 0.244 e. The van der Waals surface area contributed by atoms with Crippen LogP contribution in [0.4, 0.5) is 0 Å². The van der Waals surface area contributed by atoms with Gasteiger partial charge in [0.2, 0.25) is 10.0 Å². The molecule has 2 N–H and O–H groups in total. The molecule has 0 amide bonds. The van der Waals surface area contributed by atoms with E-state index in [9.17, 15) is 8.42 Å². The van der Waals surface area contributed by atoms with Gasteiger partial charge in [-0.15, -0.1) is 0 Å². The summed E-state index contributed by atoms with van der Waals surface area (Å²) in [5, 5.41) is 0. The Hall–Kier alpha value is -0.850. The van der Waals surface area contributed by atoms with Crippen molar-refractivity contribution in [3.63, 3.8) is 0 Å². The largest absolute Gasteiger partial charge is 0.349 e. The third-order valence-corrected chi connectivity index (χ3v) is 5.88. The summed E-state index contributed by atoms with van der Waals surface area (Å²) in [5.41, 5.74) is 6.38. The topological polar surface area (TPSA) is 68.3 Å². The van der Waals surface area contributed by atoms with Gasteiger partial charge in [-0.05, 0) is 25.3 Å². The summed E-state index contributed by atoms with van der Waals surface area (Å²) in [4.78, 5) is 0.318. The normalized spacial score (nSPS) is 14.8. The molecule has 0 radical (unpaired) electrons. The van der Waals surface area contributed by atoms with Gasteiger partial charge < -0.3 is 10.3 Å². The molecule has 1 heterocycles. The Bertz CT molecular complexity index is 534. The Morgan fingerprint density at radius 3 is 2.30 bits per heavy atom. The highest BCUT2D eigenvalue weighted by Crippen LogP contribution is 2.28. The molecule has 6 heteroatoms. The number of aryl methyl sites for hydroxylation is 1. The van der Waals surface area contributed by atoms with E-state index in [1.54, 1.807) is 19.3 Å². The van der Waals surface area contributed by atoms with Crippen molar-refractivity contribution in [1.29, 1.82) is 0 Å². The zero-order chi connectivity index (χ0) is 15.7. The van der Waals surface area contributed by atoms with Crippen LogP contribution in [-0.2, 0) is 23.1 Å². The van der Waals surface area contributed by atoms with Crippen molar-refractivity contribution >= 4 is 10.0 Å². The summed E-state index contributed by atoms with van der Waals surface area (Å²) in [5.74, 6) is 0. The highest BCUT2D eigenvalue weighted by atomic mass is 32.2. The molecule has 0 saturated carbocycles. The van der Waals surface area contributed by atoms with Gasteiger partial charge in [-0.3, -0.25) is 0 Å². The first-order valence-electron chi connectivity index (χ1n) is 6.92. The van der Waals surface area contributed by atoms with Gasteiger partial charge in [0.05, 0.1) is 0 Å². The van der Waals surface area contributed by atoms with Crippen molar-refractivity contribution in [2.24, 2.45) is 11.1 Å². The summed E-state index contributed by atoms with van der Waals surface area (Å²) in [6.07, 6.45) is 1.67. The minimum absolute atomic E-state index is 0.0983. The summed E-state index contributed by atoms with van der Waals surface area (Å²) < 4.78 is 28.7. The highest BCUT2D eigenvalue weighted by molar-refractivity contribution is 7.89. The molecule has 0 aromatic carbocycles. The van der Waals surface area contributed by atoms with Crippen molar-refractivity contribution < 1.29 is 8.42 Å². The monoisotopic (exact) mass is 301 g/mol. The fourth-order valence-corrected chi connectivity index (χ4v) is 3.66. The standard InChI is InChI=1S/C14H27N3O2S/c1-7-17-10-13(8-12(17)9-15)20(18,19)16(6)11(2)14(3,4)5/h8,10-11H,7,9,15H2,1-6H3. The van der Waals surface area contributed by atoms with Gasteiger partial charge in [-0.1, -0.05) is 20.8 Å². The molecule has 1 aromatic rings. The summed E-state index contributed by atoms with van der Waals surface area (Å²) >= 11 is 0. The lowest BCUT2D eigenvalue weighted by atomic mass is 9.88. The summed E-state index contributed by atoms with van der Waals surface area (Å²) in [6.45, 7) is 11.0. The van der Waals surface area contributed by atoms with E-state index in [1.807, 2.05) is 39.2 Å². The third kappa shape index (κ3) is 3.24. The van der Waals surface area contributed by atoms with Crippen LogP contribution in [0.3, 0.4) is 0 Å². The molecule has 0 aliphatic heterocycles. The predicted molar refractivity (Wildman–Crippen MR) is 81.9 cm³/mol. The van der Waals surface area contributed by atoms with Gasteiger partial charge in [0.25, 0.3) is 0 Å². The van der Waals surface area contributed by atoms with E-state index in [0.29, 0.717) is 18.0 Å². The smallest absolute Gasteiger partial charge is 0.244 e. The summed E-state index contributed by atoms with van der Waals surface area (Å²) in [7, 11) is -1.85. The summed E-state index contributed by atoms with van der Waals surface area (Å²) in [6, 6.07) is 1.57. The van der Waals surface area contributed by atoms with Gasteiger partial charge in [0, 0.05) is 38.1 Å². The zero-order valence-electron chi connectivity index (χ0n) is 13.3. The maximum atomic E-state index is 12.7. The van der Waals surface area contributed by atoms with E-state index < -0.39 is 10.0 Å². The Labute approximate surface area is 122 Å². The van der Waals surface area contributed by atoms with E-state index >= 15 is 0 Å². The fourth-order valence-electron chi connectivity index (χ4n) is 2.05. The average Bonchev–Trinajstić information content (AvgIpc) is 2.79. The molecular formula is C14H27N3O2S. The van der Waals surface area contributed by atoms with E-state index in [0.717, 1.165) is 5.69 Å². The molecule has 116 valence electrons. The second-order valence-electron chi connectivity index (χ2n) is 6.22. The van der Waals surface area contributed by atoms with Crippen molar-refractivity contribution in [1.82, 2.24) is 8.87 Å². The lowest BCUT2D eigenvalue weighted by Gasteiger charge is -2.34. The Morgan fingerprint density at radius 2 is 1.95 bits per heavy atom. The van der Waals surface area contributed by atoms with Gasteiger partial charge in [0.15, 0.2) is 0 Å². The molecule has 1 rings (SSSR count). The minimum Gasteiger partial charge on any atom is -0.349 e. The second kappa shape index (κ2) is 5.87. The number of sulfonamides is 1. The second-order valence-corrected chi connectivity index (χ2v) is 8.22. The van der Waals surface area contributed by atoms with Crippen LogP contribution in [0.5, 0.6) is 0 Å². The van der Waals surface area contributed by atoms with Crippen LogP contribution < -0.4 is 5.73 Å². The van der Waals surface area contributed by atoms with Gasteiger partial charge in [-0.25, -0.2) is 8.42 Å². The van der Waals surface area contributed by atoms with Crippen LogP contribution >= 0.6 is 0 Å². The Morgan fingerprint density at radius 1 is 1.40 bits per heavy atom. The zero-order valence-corrected chi connectivity index (χ0v) is 14.2. The lowest BCUT2D eigenvalue weighted by Crippen LogP contribution is -2.42. The number of rotatable bonds is 5. The average molecular weight is 301 g/mol. The number of nitrogens with two attached hydrogens (primary N) is 1. The molecule has 0 fully saturated rings. The molecule has 0 aliphatic carbocycles. The third-order valence-electron chi connectivity index (χ3n) is 3.99. The van der Waals surface area contributed by atoms with Crippen LogP contribution in [-0.4, -0.2) is 30.4 Å². The highest BCUT2D eigenvalue weighted by Gasteiger charge is 2.33. The van der Waals surface area contributed by atoms with Gasteiger partial charge in [0.1, 0.15) is 4.90 Å². The Kier molecular flexibility index (Phi) is 5.05. The number of nitrogens with zero attached hydrogens (tertiary/aromatic N) is 2. The van der Waals surface area contributed by atoms with Crippen molar-refractivity contribution in [3.05, 3.63) is 18.0 Å². The van der Waals surface area contributed by atoms with Crippen molar-refractivity contribution in [2.75, 3.05) is 7.05 Å². The molecule has 1 unspecified atom stereocenters. The maximum absolute atomic E-state index is 12.7. The SMILES string of the molecule is CCn1cc(S(=O)(=O)N(C)C(C)C(C)(C)C)cc1CN. The number of aromatic nitrogens is 1. The van der Waals surface area contributed by atoms with Crippen LogP contribution in [0.1, 0.15) is 40.3 Å². The molecule has 0 aliphatic rings. The van der Waals surface area contributed by atoms with Crippen LogP contribution in [0.15, 0.2) is 17.2 Å². The van der Waals surface area contributed by atoms with Gasteiger partial charge >= 0.3 is 0 Å². The van der Waals surface area contributed by atoms with Crippen molar-refractivity contribution in [2.45, 2.75) is 58.6 Å². The first-order chi connectivity index (χ1) is 9.05. The predicted octanol–water partition coefficient (Wildman–Crippen LogP) is 2.02. The molecule has 5 nitrogen and oxygen atoms in total. The number of hydrogen-bond acceptors (Lipinski definition) is 3. The number of hydrogen-bond donors (Lipinski definition) is 1. The first-order valence-corrected chi connectivity index (χ1v) is 8.36. The van der Waals surface area contributed by atoms with E-state index in [-0.39, 0.29) is 11.5 Å². The molecule has 1 aromatic heterocycles. The van der Waals surface area contributed by atoms with Crippen molar-refractivity contribution in [3.8, 4) is 0 Å². The first kappa shape index (κ1) is 17.2. The fraction of sp³-hybridized carbons (Fsp3) is 0.714. The van der Waals surface area contributed by atoms with E-state index in [1.165, 1.54) is 4.31 Å². The Balaban J connectivity index is 3.20. The molecule has 0 saturated heterocycles. The van der Waals surface area contributed by atoms with Crippen LogP contribution in [0.2, 0.25) is 0 Å². The quantitative estimate of drug-likeness (QED) is 0.904. The molecule has 20 heavy (non-hydrogen) atoms. The molecular weight excluding hydrogens is 274 g/mol. The van der Waals surface area contributed by atoms with Crippen LogP contribution in [0, 0.1) is 5.41 Å². The van der Waals surface area contributed by atoms with E-state index in [4.69, 9.17) is 5.73 Å². The molecule has 0 bridgehead atoms. The van der Waals surface area contributed by atoms with Crippen LogP contribution in [0.25, 0.3) is 0 Å². The lowest BCUT2D eigenvalue weighted by molar-refractivity contribution is 0.216. The van der Waals surface area contributed by atoms with E-state index in [2.05, 4.69) is 0 Å². The minimum atomic E-state index is -3.49.